The zero-order valence-corrected chi connectivity index (χ0v) is 15.2. The largest absolute Gasteiger partial charge is 0.627 e. The first kappa shape index (κ1) is 17.3. The van der Waals surface area contributed by atoms with Crippen LogP contribution in [0.4, 0.5) is 5.69 Å². The van der Waals surface area contributed by atoms with E-state index in [2.05, 4.69) is 48.5 Å². The van der Waals surface area contributed by atoms with Crippen molar-refractivity contribution in [3.63, 3.8) is 0 Å². The molecular formula is C19H31NO2. The van der Waals surface area contributed by atoms with Gasteiger partial charge >= 0.3 is 0 Å². The molecule has 0 radical (unpaired) electrons. The van der Waals surface area contributed by atoms with Gasteiger partial charge in [0.1, 0.15) is 11.4 Å². The summed E-state index contributed by atoms with van der Waals surface area (Å²) < 4.78 is -0.256. The predicted molar refractivity (Wildman–Crippen MR) is 94.2 cm³/mol. The Morgan fingerprint density at radius 2 is 1.50 bits per heavy atom. The van der Waals surface area contributed by atoms with E-state index in [0.717, 1.165) is 23.2 Å². The van der Waals surface area contributed by atoms with Crippen molar-refractivity contribution in [1.29, 1.82) is 0 Å². The molecule has 1 N–H and O–H groups in total. The molecule has 22 heavy (non-hydrogen) atoms. The predicted octanol–water partition coefficient (Wildman–Crippen LogP) is 4.83. The van der Waals surface area contributed by atoms with Gasteiger partial charge in [-0.3, -0.25) is 0 Å². The summed E-state index contributed by atoms with van der Waals surface area (Å²) in [5.41, 5.74) is 2.18. The Morgan fingerprint density at radius 1 is 1.05 bits per heavy atom. The lowest BCUT2D eigenvalue weighted by atomic mass is 9.79. The first-order valence-electron chi connectivity index (χ1n) is 8.31. The molecule has 1 heterocycles. The highest BCUT2D eigenvalue weighted by Crippen LogP contribution is 2.44. The molecule has 2 atom stereocenters. The van der Waals surface area contributed by atoms with Crippen molar-refractivity contribution in [2.75, 3.05) is 13.1 Å². The number of quaternary nitrogens is 1. The number of phenolic OH excluding ortho intramolecular Hbond substituents is 1. The molecule has 3 nitrogen and oxygen atoms in total. The fraction of sp³-hybridized carbons (Fsp3) is 0.684. The van der Waals surface area contributed by atoms with Gasteiger partial charge in [0.25, 0.3) is 0 Å². The molecule has 1 fully saturated rings. The van der Waals surface area contributed by atoms with Crippen molar-refractivity contribution in [2.45, 2.75) is 65.7 Å². The third-order valence-corrected chi connectivity index (χ3v) is 4.77. The molecule has 124 valence electrons. The minimum absolute atomic E-state index is 0.190. The van der Waals surface area contributed by atoms with Gasteiger partial charge in [-0.2, -0.15) is 0 Å². The van der Waals surface area contributed by atoms with Crippen LogP contribution in [0.15, 0.2) is 12.1 Å². The van der Waals surface area contributed by atoms with E-state index < -0.39 is 0 Å². The lowest BCUT2D eigenvalue weighted by Gasteiger charge is -2.40. The highest BCUT2D eigenvalue weighted by Gasteiger charge is 2.35. The summed E-state index contributed by atoms with van der Waals surface area (Å²) >= 11 is 0. The van der Waals surface area contributed by atoms with Crippen molar-refractivity contribution in [2.24, 2.45) is 5.92 Å². The van der Waals surface area contributed by atoms with Crippen molar-refractivity contribution >= 4 is 5.69 Å². The van der Waals surface area contributed by atoms with E-state index in [9.17, 15) is 10.3 Å². The van der Waals surface area contributed by atoms with Crippen LogP contribution < -0.4 is 4.65 Å². The maximum atomic E-state index is 13.2. The van der Waals surface area contributed by atoms with Crippen molar-refractivity contribution in [3.05, 3.63) is 28.5 Å². The SMILES string of the molecule is CC1CC[N+]([O-])(c2cc(C(C)(C)C)c(O)c(C(C)(C)C)c2)C1. The number of benzene rings is 1. The second-order valence-corrected chi connectivity index (χ2v) is 9.08. The summed E-state index contributed by atoms with van der Waals surface area (Å²) in [5.74, 6) is 0.810. The normalized spacial score (nSPS) is 26.5. The zero-order chi connectivity index (χ0) is 16.9. The average Bonchev–Trinajstić information content (AvgIpc) is 2.67. The Morgan fingerprint density at radius 3 is 1.82 bits per heavy atom. The van der Waals surface area contributed by atoms with Crippen molar-refractivity contribution < 1.29 is 5.11 Å². The quantitative estimate of drug-likeness (QED) is 0.596. The fourth-order valence-corrected chi connectivity index (χ4v) is 3.35. The second kappa shape index (κ2) is 5.24. The molecule has 0 bridgehead atoms. The van der Waals surface area contributed by atoms with E-state index in [-0.39, 0.29) is 15.5 Å². The smallest absolute Gasteiger partial charge is 0.133 e. The van der Waals surface area contributed by atoms with Gasteiger partial charge in [0.2, 0.25) is 0 Å². The summed E-state index contributed by atoms with van der Waals surface area (Å²) in [6.45, 7) is 15.9. The van der Waals surface area contributed by atoms with Crippen LogP contribution in [0, 0.1) is 11.1 Å². The number of hydrogen-bond acceptors (Lipinski definition) is 2. The number of aromatic hydroxyl groups is 1. The fourth-order valence-electron chi connectivity index (χ4n) is 3.35. The van der Waals surface area contributed by atoms with E-state index in [0.29, 0.717) is 24.8 Å². The first-order valence-corrected chi connectivity index (χ1v) is 8.31. The van der Waals surface area contributed by atoms with Crippen LogP contribution in [0.2, 0.25) is 0 Å². The Kier molecular flexibility index (Phi) is 4.12. The van der Waals surface area contributed by atoms with Crippen LogP contribution in [-0.2, 0) is 10.8 Å². The molecule has 1 aliphatic rings. The Bertz CT molecular complexity index is 531. The van der Waals surface area contributed by atoms with E-state index in [4.69, 9.17) is 0 Å². The molecule has 1 aromatic rings. The molecule has 1 saturated heterocycles. The molecule has 0 aliphatic carbocycles. The summed E-state index contributed by atoms with van der Waals surface area (Å²) in [6.07, 6.45) is 0.972. The van der Waals surface area contributed by atoms with E-state index in [1.54, 1.807) is 0 Å². The number of nitrogens with zero attached hydrogens (tertiary/aromatic N) is 1. The van der Waals surface area contributed by atoms with Crippen LogP contribution in [0.5, 0.6) is 5.75 Å². The topological polar surface area (TPSA) is 43.3 Å². The number of hydroxylamine groups is 2. The van der Waals surface area contributed by atoms with Gasteiger partial charge in [0, 0.05) is 35.6 Å². The minimum atomic E-state index is -0.256. The Hall–Kier alpha value is -1.06. The number of hydrogen-bond donors (Lipinski definition) is 1. The highest BCUT2D eigenvalue weighted by molar-refractivity contribution is 5.59. The van der Waals surface area contributed by atoms with Crippen LogP contribution >= 0.6 is 0 Å². The van der Waals surface area contributed by atoms with E-state index in [1.165, 1.54) is 0 Å². The lowest BCUT2D eigenvalue weighted by molar-refractivity contribution is 0.411. The van der Waals surface area contributed by atoms with Crippen LogP contribution in [-0.4, -0.2) is 18.2 Å². The van der Waals surface area contributed by atoms with E-state index >= 15 is 0 Å². The van der Waals surface area contributed by atoms with Crippen molar-refractivity contribution in [3.8, 4) is 5.75 Å². The molecule has 0 spiro atoms. The van der Waals surface area contributed by atoms with Gasteiger partial charge in [0.15, 0.2) is 0 Å². The average molecular weight is 305 g/mol. The minimum Gasteiger partial charge on any atom is -0.627 e. The molecule has 2 rings (SSSR count). The summed E-state index contributed by atoms with van der Waals surface area (Å²) in [7, 11) is 0. The zero-order valence-electron chi connectivity index (χ0n) is 15.2. The monoisotopic (exact) mass is 305 g/mol. The standard InChI is InChI=1S/C19H31NO2/c1-13-8-9-20(22,12-13)14-10-15(18(2,3)4)17(21)16(11-14)19(5,6)7/h10-11,13,21H,8-9,12H2,1-7H3. The molecule has 0 saturated carbocycles. The van der Waals surface area contributed by atoms with Gasteiger partial charge in [-0.15, -0.1) is 0 Å². The van der Waals surface area contributed by atoms with Gasteiger partial charge < -0.3 is 15.0 Å². The number of phenols is 1. The Balaban J connectivity index is 2.66. The maximum absolute atomic E-state index is 13.2. The maximum Gasteiger partial charge on any atom is 0.133 e. The van der Waals surface area contributed by atoms with Gasteiger partial charge in [-0.05, 0) is 10.8 Å². The second-order valence-electron chi connectivity index (χ2n) is 9.08. The van der Waals surface area contributed by atoms with Crippen LogP contribution in [0.25, 0.3) is 0 Å². The van der Waals surface area contributed by atoms with Crippen LogP contribution in [0.3, 0.4) is 0 Å². The van der Waals surface area contributed by atoms with Gasteiger partial charge in [-0.25, -0.2) is 0 Å². The molecule has 0 amide bonds. The summed E-state index contributed by atoms with van der Waals surface area (Å²) in [4.78, 5) is 0. The molecule has 1 aliphatic heterocycles. The van der Waals surface area contributed by atoms with E-state index in [1.807, 2.05) is 12.1 Å². The van der Waals surface area contributed by atoms with Gasteiger partial charge in [0.05, 0.1) is 13.1 Å². The number of rotatable bonds is 1. The molecule has 1 aromatic carbocycles. The third-order valence-electron chi connectivity index (χ3n) is 4.77. The lowest BCUT2D eigenvalue weighted by Crippen LogP contribution is -2.40. The summed E-state index contributed by atoms with van der Waals surface area (Å²) in [5, 5.41) is 24.0. The van der Waals surface area contributed by atoms with Crippen molar-refractivity contribution in [1.82, 2.24) is 4.65 Å². The summed E-state index contributed by atoms with van der Waals surface area (Å²) in [6, 6.07) is 3.88. The third kappa shape index (κ3) is 3.16. The molecule has 2 unspecified atom stereocenters. The first-order chi connectivity index (χ1) is 9.84. The molecule has 3 heteroatoms. The Labute approximate surface area is 135 Å². The van der Waals surface area contributed by atoms with Gasteiger partial charge in [-0.1, -0.05) is 48.5 Å². The molecule has 0 aromatic heterocycles. The highest BCUT2D eigenvalue weighted by atomic mass is 16.5. The van der Waals surface area contributed by atoms with Crippen LogP contribution in [0.1, 0.15) is 66.0 Å². The molecular weight excluding hydrogens is 274 g/mol.